The van der Waals surface area contributed by atoms with Crippen molar-refractivity contribution >= 4 is 21.6 Å². The summed E-state index contributed by atoms with van der Waals surface area (Å²) in [5, 5.41) is 4.53. The normalized spacial score (nSPS) is 11.1. The zero-order valence-electron chi connectivity index (χ0n) is 15.2. The van der Waals surface area contributed by atoms with Gasteiger partial charge in [-0.3, -0.25) is 0 Å². The lowest BCUT2D eigenvalue weighted by molar-refractivity contribution is 0.146. The highest BCUT2D eigenvalue weighted by Crippen LogP contribution is 2.32. The van der Waals surface area contributed by atoms with Crippen LogP contribution in [0.15, 0.2) is 34.8 Å². The average molecular weight is 420 g/mol. The number of nitrogens with zero attached hydrogens (tertiary/aromatic N) is 3. The molecule has 0 atom stereocenters. The number of aryl methyl sites for hydroxylation is 1. The largest absolute Gasteiger partial charge is 0.490 e. The van der Waals surface area contributed by atoms with Crippen LogP contribution in [-0.4, -0.2) is 41.5 Å². The summed E-state index contributed by atoms with van der Waals surface area (Å²) in [7, 11) is 1.65. The molecule has 0 aliphatic carbocycles. The third kappa shape index (κ3) is 3.99. The minimum Gasteiger partial charge on any atom is -0.490 e. The molecule has 0 unspecified atom stereocenters. The summed E-state index contributed by atoms with van der Waals surface area (Å²) in [6, 6.07) is 9.71. The van der Waals surface area contributed by atoms with E-state index in [4.69, 9.17) is 19.2 Å². The van der Waals surface area contributed by atoms with Gasteiger partial charge >= 0.3 is 0 Å². The highest BCUT2D eigenvalue weighted by molar-refractivity contribution is 9.10. The Labute approximate surface area is 161 Å². The number of fused-ring (bicyclic) bond motifs is 1. The zero-order valence-corrected chi connectivity index (χ0v) is 16.7. The van der Waals surface area contributed by atoms with Crippen molar-refractivity contribution in [1.82, 2.24) is 14.6 Å². The smallest absolute Gasteiger partial charge is 0.231 e. The number of aromatic nitrogens is 3. The molecule has 6 nitrogen and oxygen atoms in total. The Morgan fingerprint density at radius 2 is 1.92 bits per heavy atom. The summed E-state index contributed by atoms with van der Waals surface area (Å²) >= 11 is 3.57. The van der Waals surface area contributed by atoms with Gasteiger partial charge in [0.1, 0.15) is 12.4 Å². The minimum atomic E-state index is 0.506. The standard InChI is InChI=1S/C19H22BrN3O3/c1-4-9-26-18-8-7-17-21-19(13(2)23(17)22-18)14-5-6-16(15(20)12-14)25-11-10-24-3/h5-8,12H,4,9-11H2,1-3H3. The Kier molecular flexibility index (Phi) is 6.11. The molecule has 3 rings (SSSR count). The predicted octanol–water partition coefficient (Wildman–Crippen LogP) is 4.28. The number of rotatable bonds is 8. The third-order valence-electron chi connectivity index (χ3n) is 3.88. The molecule has 0 N–H and O–H groups in total. The van der Waals surface area contributed by atoms with E-state index < -0.39 is 0 Å². The van der Waals surface area contributed by atoms with Crippen molar-refractivity contribution in [3.05, 3.63) is 40.5 Å². The summed E-state index contributed by atoms with van der Waals surface area (Å²) in [6.45, 7) is 5.78. The quantitative estimate of drug-likeness (QED) is 0.509. The lowest BCUT2D eigenvalue weighted by Gasteiger charge is -2.09. The summed E-state index contributed by atoms with van der Waals surface area (Å²) in [4.78, 5) is 4.71. The van der Waals surface area contributed by atoms with Crippen LogP contribution in [0.3, 0.4) is 0 Å². The van der Waals surface area contributed by atoms with Crippen molar-refractivity contribution in [2.24, 2.45) is 0 Å². The van der Waals surface area contributed by atoms with E-state index >= 15 is 0 Å². The SMILES string of the molecule is CCCOc1ccc2nc(-c3ccc(OCCOC)c(Br)c3)c(C)n2n1. The number of benzene rings is 1. The van der Waals surface area contributed by atoms with Gasteiger partial charge in [0.2, 0.25) is 5.88 Å². The molecule has 26 heavy (non-hydrogen) atoms. The Bertz CT molecular complexity index is 895. The molecular formula is C19H22BrN3O3. The number of ether oxygens (including phenoxy) is 3. The maximum atomic E-state index is 5.68. The first kappa shape index (κ1) is 18.7. The highest BCUT2D eigenvalue weighted by Gasteiger charge is 2.14. The van der Waals surface area contributed by atoms with Crippen molar-refractivity contribution in [2.75, 3.05) is 26.9 Å². The molecule has 0 saturated carbocycles. The molecule has 0 aliphatic heterocycles. The van der Waals surface area contributed by atoms with E-state index in [1.54, 1.807) is 7.11 Å². The molecule has 3 aromatic rings. The van der Waals surface area contributed by atoms with E-state index in [1.807, 2.05) is 41.8 Å². The molecule has 138 valence electrons. The van der Waals surface area contributed by atoms with Crippen molar-refractivity contribution < 1.29 is 14.2 Å². The molecule has 0 radical (unpaired) electrons. The van der Waals surface area contributed by atoms with E-state index in [9.17, 15) is 0 Å². The topological polar surface area (TPSA) is 57.9 Å². The van der Waals surface area contributed by atoms with Crippen molar-refractivity contribution in [1.29, 1.82) is 0 Å². The molecule has 0 amide bonds. The van der Waals surface area contributed by atoms with Gasteiger partial charge in [0, 0.05) is 18.7 Å². The maximum Gasteiger partial charge on any atom is 0.231 e. The van der Waals surface area contributed by atoms with Crippen molar-refractivity contribution in [3.8, 4) is 22.9 Å². The summed E-state index contributed by atoms with van der Waals surface area (Å²) in [6.07, 6.45) is 0.945. The van der Waals surface area contributed by atoms with Gasteiger partial charge < -0.3 is 14.2 Å². The van der Waals surface area contributed by atoms with Crippen molar-refractivity contribution in [2.45, 2.75) is 20.3 Å². The molecular weight excluding hydrogens is 398 g/mol. The Balaban J connectivity index is 1.90. The van der Waals surface area contributed by atoms with E-state index in [0.29, 0.717) is 25.7 Å². The molecule has 1 aromatic carbocycles. The molecule has 2 aromatic heterocycles. The van der Waals surface area contributed by atoms with Gasteiger partial charge in [-0.15, -0.1) is 5.10 Å². The highest BCUT2D eigenvalue weighted by atomic mass is 79.9. The number of hydrogen-bond acceptors (Lipinski definition) is 5. The van der Waals surface area contributed by atoms with Gasteiger partial charge in [0.05, 0.1) is 29.1 Å². The predicted molar refractivity (Wildman–Crippen MR) is 104 cm³/mol. The monoisotopic (exact) mass is 419 g/mol. The molecule has 0 spiro atoms. The Morgan fingerprint density at radius 1 is 1.08 bits per heavy atom. The van der Waals surface area contributed by atoms with E-state index in [0.717, 1.165) is 39.2 Å². The molecule has 0 saturated heterocycles. The lowest BCUT2D eigenvalue weighted by Crippen LogP contribution is -2.04. The van der Waals surface area contributed by atoms with Crippen LogP contribution >= 0.6 is 15.9 Å². The molecule has 0 bridgehead atoms. The molecule has 2 heterocycles. The number of imidazole rings is 1. The second-order valence-corrected chi connectivity index (χ2v) is 6.68. The van der Waals surface area contributed by atoms with Gasteiger partial charge in [0.25, 0.3) is 0 Å². The second-order valence-electron chi connectivity index (χ2n) is 5.82. The zero-order chi connectivity index (χ0) is 18.5. The molecule has 0 fully saturated rings. The van der Waals surface area contributed by atoms with Crippen LogP contribution in [0, 0.1) is 6.92 Å². The summed E-state index contributed by atoms with van der Waals surface area (Å²) in [5.41, 5.74) is 3.63. The van der Waals surface area contributed by atoms with Crippen molar-refractivity contribution in [3.63, 3.8) is 0 Å². The van der Waals surface area contributed by atoms with Crippen LogP contribution in [0.5, 0.6) is 11.6 Å². The van der Waals surface area contributed by atoms with Crippen LogP contribution in [0.4, 0.5) is 0 Å². The van der Waals surface area contributed by atoms with Crippen LogP contribution in [0.1, 0.15) is 19.0 Å². The minimum absolute atomic E-state index is 0.506. The van der Waals surface area contributed by atoms with E-state index in [1.165, 1.54) is 0 Å². The fourth-order valence-electron chi connectivity index (χ4n) is 2.58. The van der Waals surface area contributed by atoms with Gasteiger partial charge in [-0.1, -0.05) is 6.92 Å². The van der Waals surface area contributed by atoms with Crippen LogP contribution < -0.4 is 9.47 Å². The van der Waals surface area contributed by atoms with E-state index in [-0.39, 0.29) is 0 Å². The Morgan fingerprint density at radius 3 is 2.65 bits per heavy atom. The van der Waals surface area contributed by atoms with Crippen LogP contribution in [0.25, 0.3) is 16.9 Å². The number of halogens is 1. The number of methoxy groups -OCH3 is 1. The van der Waals surface area contributed by atoms with Gasteiger partial charge in [-0.25, -0.2) is 9.50 Å². The summed E-state index contributed by atoms with van der Waals surface area (Å²) < 4.78 is 19.0. The first-order valence-corrected chi connectivity index (χ1v) is 9.34. The van der Waals surface area contributed by atoms with Gasteiger partial charge in [0.15, 0.2) is 5.65 Å². The van der Waals surface area contributed by atoms with Crippen LogP contribution in [0.2, 0.25) is 0 Å². The molecule has 0 aliphatic rings. The second kappa shape index (κ2) is 8.51. The lowest BCUT2D eigenvalue weighted by atomic mass is 10.1. The fraction of sp³-hybridized carbons (Fsp3) is 0.368. The summed E-state index contributed by atoms with van der Waals surface area (Å²) in [5.74, 6) is 1.38. The Hall–Kier alpha value is -2.12. The third-order valence-corrected chi connectivity index (χ3v) is 4.50. The average Bonchev–Trinajstić information content (AvgIpc) is 2.98. The fourth-order valence-corrected chi connectivity index (χ4v) is 3.08. The first-order valence-electron chi connectivity index (χ1n) is 8.55. The first-order chi connectivity index (χ1) is 12.6. The van der Waals surface area contributed by atoms with E-state index in [2.05, 4.69) is 28.0 Å². The van der Waals surface area contributed by atoms with Gasteiger partial charge in [-0.05, 0) is 53.5 Å². The van der Waals surface area contributed by atoms with Crippen LogP contribution in [-0.2, 0) is 4.74 Å². The number of hydrogen-bond donors (Lipinski definition) is 0. The molecule has 7 heteroatoms. The van der Waals surface area contributed by atoms with Gasteiger partial charge in [-0.2, -0.15) is 0 Å². The maximum absolute atomic E-state index is 5.68.